The molecule has 1 amide bonds. The molecule has 1 saturated heterocycles. The van der Waals surface area contributed by atoms with Crippen LogP contribution < -0.4 is 5.32 Å². The molecule has 0 spiro atoms. The monoisotopic (exact) mass is 295 g/mol. The van der Waals surface area contributed by atoms with Gasteiger partial charge in [-0.05, 0) is 24.5 Å². The molecule has 1 N–H and O–H groups in total. The van der Waals surface area contributed by atoms with E-state index in [1.807, 2.05) is 13.8 Å². The Balaban J connectivity index is 1.75. The Labute approximate surface area is 124 Å². The van der Waals surface area contributed by atoms with E-state index in [2.05, 4.69) is 5.32 Å². The van der Waals surface area contributed by atoms with Crippen molar-refractivity contribution in [3.05, 3.63) is 35.6 Å². The molecule has 0 saturated carbocycles. The molecule has 1 aliphatic heterocycles. The van der Waals surface area contributed by atoms with Crippen molar-refractivity contribution in [2.75, 3.05) is 19.8 Å². The number of halogens is 1. The Morgan fingerprint density at radius 1 is 1.38 bits per heavy atom. The van der Waals surface area contributed by atoms with Crippen LogP contribution in [0.5, 0.6) is 0 Å². The van der Waals surface area contributed by atoms with E-state index in [1.165, 1.54) is 6.07 Å². The Bertz CT molecular complexity index is 486. The summed E-state index contributed by atoms with van der Waals surface area (Å²) in [6.07, 6.45) is 0.774. The number of hydrogen-bond donors (Lipinski definition) is 1. The van der Waals surface area contributed by atoms with Crippen molar-refractivity contribution in [2.45, 2.75) is 32.5 Å². The zero-order chi connectivity index (χ0) is 15.3. The van der Waals surface area contributed by atoms with Crippen LogP contribution in [0.3, 0.4) is 0 Å². The lowest BCUT2D eigenvalue weighted by Crippen LogP contribution is -2.35. The number of carbonyl (C=O) groups excluding carboxylic acids is 1. The lowest BCUT2D eigenvalue weighted by atomic mass is 10.0. The smallest absolute Gasteiger partial charge is 0.224 e. The van der Waals surface area contributed by atoms with Crippen molar-refractivity contribution in [2.24, 2.45) is 5.92 Å². The summed E-state index contributed by atoms with van der Waals surface area (Å²) >= 11 is 0. The molecule has 0 aromatic heterocycles. The second-order valence-electron chi connectivity index (χ2n) is 5.71. The number of hydrogen-bond acceptors (Lipinski definition) is 3. The highest BCUT2D eigenvalue weighted by Crippen LogP contribution is 2.26. The molecule has 116 valence electrons. The third kappa shape index (κ3) is 4.79. The van der Waals surface area contributed by atoms with Crippen molar-refractivity contribution in [3.8, 4) is 0 Å². The van der Waals surface area contributed by atoms with E-state index < -0.39 is 5.79 Å². The molecule has 1 fully saturated rings. The number of nitrogens with one attached hydrogen (secondary N) is 1. The quantitative estimate of drug-likeness (QED) is 0.876. The topological polar surface area (TPSA) is 47.6 Å². The molecule has 21 heavy (non-hydrogen) atoms. The van der Waals surface area contributed by atoms with Gasteiger partial charge in [0.15, 0.2) is 5.79 Å². The first-order chi connectivity index (χ1) is 9.98. The maximum absolute atomic E-state index is 13.5. The minimum atomic E-state index is -0.546. The zero-order valence-electron chi connectivity index (χ0n) is 12.5. The lowest BCUT2D eigenvalue weighted by Gasteiger charge is -2.26. The standard InChI is InChI=1S/C16H22FNO3/c1-12(10-16(2)20-7-8-21-16)11-18-15(19)9-13-5-3-4-6-14(13)17/h3-6,12H,7-11H2,1-2H3,(H,18,19)/t12-/m0/s1. The van der Waals surface area contributed by atoms with Gasteiger partial charge in [0.1, 0.15) is 5.82 Å². The molecule has 0 bridgehead atoms. The molecule has 1 aromatic carbocycles. The van der Waals surface area contributed by atoms with Crippen LogP contribution in [0.15, 0.2) is 24.3 Å². The van der Waals surface area contributed by atoms with E-state index in [0.717, 1.165) is 0 Å². The van der Waals surface area contributed by atoms with Crippen LogP contribution in [0.1, 0.15) is 25.8 Å². The Morgan fingerprint density at radius 2 is 2.05 bits per heavy atom. The van der Waals surface area contributed by atoms with Crippen LogP contribution in [-0.2, 0) is 20.7 Å². The number of ether oxygens (including phenoxy) is 2. The zero-order valence-corrected chi connectivity index (χ0v) is 12.5. The molecule has 2 rings (SSSR count). The van der Waals surface area contributed by atoms with Gasteiger partial charge in [0.2, 0.25) is 5.91 Å². The molecule has 0 radical (unpaired) electrons. The molecule has 0 unspecified atom stereocenters. The average molecular weight is 295 g/mol. The summed E-state index contributed by atoms with van der Waals surface area (Å²) in [5.41, 5.74) is 0.414. The molecule has 0 aliphatic carbocycles. The highest BCUT2D eigenvalue weighted by atomic mass is 19.1. The summed E-state index contributed by atoms with van der Waals surface area (Å²) in [6.45, 7) is 5.69. The summed E-state index contributed by atoms with van der Waals surface area (Å²) in [4.78, 5) is 11.8. The van der Waals surface area contributed by atoms with Crippen molar-refractivity contribution in [1.29, 1.82) is 0 Å². The molecule has 1 atom stereocenters. The summed E-state index contributed by atoms with van der Waals surface area (Å²) in [6, 6.07) is 6.32. The van der Waals surface area contributed by atoms with Gasteiger partial charge in [-0.1, -0.05) is 25.1 Å². The largest absolute Gasteiger partial charge is 0.356 e. The van der Waals surface area contributed by atoms with E-state index in [0.29, 0.717) is 31.7 Å². The SMILES string of the molecule is C[C@H](CNC(=O)Cc1ccccc1F)CC1(C)OCCO1. The first kappa shape index (κ1) is 15.9. The molecule has 1 aliphatic rings. The minimum Gasteiger partial charge on any atom is -0.356 e. The van der Waals surface area contributed by atoms with E-state index >= 15 is 0 Å². The van der Waals surface area contributed by atoms with Gasteiger partial charge in [-0.25, -0.2) is 4.39 Å². The predicted molar refractivity (Wildman–Crippen MR) is 77.2 cm³/mol. The number of benzene rings is 1. The fourth-order valence-corrected chi connectivity index (χ4v) is 2.55. The van der Waals surface area contributed by atoms with Gasteiger partial charge in [-0.3, -0.25) is 4.79 Å². The first-order valence-corrected chi connectivity index (χ1v) is 7.26. The second kappa shape index (κ2) is 7.00. The van der Waals surface area contributed by atoms with Crippen LogP contribution in [0.2, 0.25) is 0 Å². The van der Waals surface area contributed by atoms with Gasteiger partial charge in [-0.2, -0.15) is 0 Å². The summed E-state index contributed by atoms with van der Waals surface area (Å²) in [5.74, 6) is -0.848. The van der Waals surface area contributed by atoms with Gasteiger partial charge in [0.05, 0.1) is 19.6 Å². The lowest BCUT2D eigenvalue weighted by molar-refractivity contribution is -0.154. The average Bonchev–Trinajstić information content (AvgIpc) is 2.85. The third-order valence-corrected chi connectivity index (χ3v) is 3.57. The normalized spacial score (nSPS) is 18.4. The number of amides is 1. The third-order valence-electron chi connectivity index (χ3n) is 3.57. The Kier molecular flexibility index (Phi) is 5.31. The summed E-state index contributed by atoms with van der Waals surface area (Å²) < 4.78 is 24.5. The maximum atomic E-state index is 13.5. The Morgan fingerprint density at radius 3 is 2.71 bits per heavy atom. The van der Waals surface area contributed by atoms with Crippen LogP contribution in [-0.4, -0.2) is 31.5 Å². The minimum absolute atomic E-state index is 0.0592. The first-order valence-electron chi connectivity index (χ1n) is 7.26. The summed E-state index contributed by atoms with van der Waals surface area (Å²) in [5, 5.41) is 2.83. The fourth-order valence-electron chi connectivity index (χ4n) is 2.55. The van der Waals surface area contributed by atoms with Gasteiger partial charge < -0.3 is 14.8 Å². The predicted octanol–water partition coefficient (Wildman–Crippen LogP) is 2.27. The van der Waals surface area contributed by atoms with Crippen molar-refractivity contribution >= 4 is 5.91 Å². The number of rotatable bonds is 6. The number of carbonyl (C=O) groups is 1. The molecular weight excluding hydrogens is 273 g/mol. The van der Waals surface area contributed by atoms with Crippen molar-refractivity contribution < 1.29 is 18.7 Å². The highest BCUT2D eigenvalue weighted by molar-refractivity contribution is 5.78. The molecule has 1 heterocycles. The Hall–Kier alpha value is -1.46. The van der Waals surface area contributed by atoms with Gasteiger partial charge in [0, 0.05) is 13.0 Å². The summed E-state index contributed by atoms with van der Waals surface area (Å²) in [7, 11) is 0. The van der Waals surface area contributed by atoms with Crippen LogP contribution in [0.25, 0.3) is 0 Å². The van der Waals surface area contributed by atoms with Crippen molar-refractivity contribution in [3.63, 3.8) is 0 Å². The van der Waals surface area contributed by atoms with Crippen molar-refractivity contribution in [1.82, 2.24) is 5.32 Å². The maximum Gasteiger partial charge on any atom is 0.224 e. The molecule has 5 heteroatoms. The molecule has 4 nitrogen and oxygen atoms in total. The molecule has 1 aromatic rings. The van der Waals surface area contributed by atoms with Gasteiger partial charge >= 0.3 is 0 Å². The molecular formula is C16H22FNO3. The van der Waals surface area contributed by atoms with E-state index in [-0.39, 0.29) is 24.1 Å². The highest BCUT2D eigenvalue weighted by Gasteiger charge is 2.32. The van der Waals surface area contributed by atoms with E-state index in [9.17, 15) is 9.18 Å². The van der Waals surface area contributed by atoms with Crippen LogP contribution in [0.4, 0.5) is 4.39 Å². The van der Waals surface area contributed by atoms with E-state index in [1.54, 1.807) is 18.2 Å². The van der Waals surface area contributed by atoms with E-state index in [4.69, 9.17) is 9.47 Å². The van der Waals surface area contributed by atoms with Gasteiger partial charge in [0.25, 0.3) is 0 Å². The van der Waals surface area contributed by atoms with Gasteiger partial charge in [-0.15, -0.1) is 0 Å². The van der Waals surface area contributed by atoms with Crippen LogP contribution in [0, 0.1) is 11.7 Å². The fraction of sp³-hybridized carbons (Fsp3) is 0.562. The second-order valence-corrected chi connectivity index (χ2v) is 5.71. The van der Waals surface area contributed by atoms with Crippen LogP contribution >= 0.6 is 0 Å².